The molecule has 1 aliphatic rings. The van der Waals surface area contributed by atoms with Crippen LogP contribution in [0.1, 0.15) is 39.6 Å². The molecule has 0 radical (unpaired) electrons. The van der Waals surface area contributed by atoms with Crippen molar-refractivity contribution in [1.29, 1.82) is 0 Å². The van der Waals surface area contributed by atoms with Crippen LogP contribution >= 0.6 is 0 Å². The van der Waals surface area contributed by atoms with Crippen molar-refractivity contribution in [3.8, 4) is 5.69 Å². The molecule has 0 spiro atoms. The predicted molar refractivity (Wildman–Crippen MR) is 106 cm³/mol. The van der Waals surface area contributed by atoms with Crippen LogP contribution < -0.4 is 5.32 Å². The summed E-state index contributed by atoms with van der Waals surface area (Å²) < 4.78 is 6.99. The van der Waals surface area contributed by atoms with Gasteiger partial charge in [0.15, 0.2) is 11.6 Å². The molecule has 8 heteroatoms. The van der Waals surface area contributed by atoms with Crippen LogP contribution in [0.5, 0.6) is 0 Å². The van der Waals surface area contributed by atoms with Gasteiger partial charge in [0.25, 0.3) is 11.8 Å². The lowest BCUT2D eigenvalue weighted by molar-refractivity contribution is 0.0774. The second kappa shape index (κ2) is 7.54. The first kappa shape index (κ1) is 18.9. The van der Waals surface area contributed by atoms with Crippen molar-refractivity contribution in [3.63, 3.8) is 0 Å². The highest BCUT2D eigenvalue weighted by atomic mass is 16.4. The summed E-state index contributed by atoms with van der Waals surface area (Å²) in [6.45, 7) is 6.45. The van der Waals surface area contributed by atoms with Crippen LogP contribution in [0.2, 0.25) is 0 Å². The monoisotopic (exact) mass is 393 g/mol. The Morgan fingerprint density at radius 2 is 1.90 bits per heavy atom. The largest absolute Gasteiger partial charge is 0.445 e. The molecule has 2 amide bonds. The molecule has 0 saturated carbocycles. The molecule has 150 valence electrons. The number of rotatable bonds is 4. The van der Waals surface area contributed by atoms with Crippen LogP contribution in [-0.4, -0.2) is 50.6 Å². The number of para-hydroxylation sites is 1. The minimum absolute atomic E-state index is 0.115. The van der Waals surface area contributed by atoms with E-state index in [-0.39, 0.29) is 23.8 Å². The molecule has 0 unspecified atom stereocenters. The van der Waals surface area contributed by atoms with E-state index in [1.54, 1.807) is 35.7 Å². The molecule has 2 aromatic heterocycles. The van der Waals surface area contributed by atoms with E-state index in [0.717, 1.165) is 5.69 Å². The maximum absolute atomic E-state index is 12.9. The fourth-order valence-electron chi connectivity index (χ4n) is 3.69. The Hall–Kier alpha value is -3.42. The number of aromatic nitrogens is 3. The van der Waals surface area contributed by atoms with Crippen molar-refractivity contribution in [2.45, 2.75) is 26.8 Å². The third kappa shape index (κ3) is 3.65. The molecule has 8 nitrogen and oxygen atoms in total. The average Bonchev–Trinajstić information content (AvgIpc) is 3.41. The number of hydrogen-bond acceptors (Lipinski definition) is 5. The predicted octanol–water partition coefficient (Wildman–Crippen LogP) is 2.37. The van der Waals surface area contributed by atoms with Crippen LogP contribution in [-0.2, 0) is 0 Å². The zero-order valence-electron chi connectivity index (χ0n) is 16.6. The van der Waals surface area contributed by atoms with Crippen LogP contribution in [0, 0.1) is 19.8 Å². The number of amides is 2. The van der Waals surface area contributed by atoms with Gasteiger partial charge in [-0.1, -0.05) is 25.1 Å². The minimum atomic E-state index is -0.217. The normalized spacial score (nSPS) is 18.8. The molecule has 2 atom stereocenters. The van der Waals surface area contributed by atoms with Crippen molar-refractivity contribution in [1.82, 2.24) is 25.0 Å². The van der Waals surface area contributed by atoms with E-state index in [0.29, 0.717) is 36.1 Å². The number of carbonyl (C=O) groups is 2. The van der Waals surface area contributed by atoms with Crippen molar-refractivity contribution in [3.05, 3.63) is 65.6 Å². The Kier molecular flexibility index (Phi) is 4.92. The first-order valence-electron chi connectivity index (χ1n) is 9.57. The van der Waals surface area contributed by atoms with Gasteiger partial charge in [-0.15, -0.1) is 0 Å². The summed E-state index contributed by atoms with van der Waals surface area (Å²) in [5, 5.41) is 7.33. The molecular formula is C21H23N5O3. The lowest BCUT2D eigenvalue weighted by atomic mass is 10.1. The van der Waals surface area contributed by atoms with Crippen molar-refractivity contribution in [2.75, 3.05) is 13.1 Å². The SMILES string of the molecule is Cc1nc(C(=O)N2C[C@@H](C)[C@@H](NC(=O)c3ccnn3-c3ccccc3)C2)c(C)o1. The number of nitrogens with one attached hydrogen (secondary N) is 1. The summed E-state index contributed by atoms with van der Waals surface area (Å²) in [6, 6.07) is 11.0. The van der Waals surface area contributed by atoms with Crippen LogP contribution in [0.25, 0.3) is 5.69 Å². The number of oxazole rings is 1. The summed E-state index contributed by atoms with van der Waals surface area (Å²) in [5.74, 6) is 0.712. The lowest BCUT2D eigenvalue weighted by Crippen LogP contribution is -2.41. The zero-order valence-corrected chi connectivity index (χ0v) is 16.6. The number of hydrogen-bond donors (Lipinski definition) is 1. The van der Waals surface area contributed by atoms with E-state index in [9.17, 15) is 9.59 Å². The van der Waals surface area contributed by atoms with Gasteiger partial charge in [0, 0.05) is 20.0 Å². The quantitative estimate of drug-likeness (QED) is 0.735. The molecule has 1 fully saturated rings. The van der Waals surface area contributed by atoms with Crippen molar-refractivity contribution < 1.29 is 14.0 Å². The van der Waals surface area contributed by atoms with Gasteiger partial charge in [-0.05, 0) is 31.0 Å². The fourth-order valence-corrected chi connectivity index (χ4v) is 3.69. The molecule has 4 rings (SSSR count). The summed E-state index contributed by atoms with van der Waals surface area (Å²) in [6.07, 6.45) is 1.60. The smallest absolute Gasteiger partial charge is 0.276 e. The van der Waals surface area contributed by atoms with Gasteiger partial charge < -0.3 is 14.6 Å². The average molecular weight is 393 g/mol. The molecule has 3 heterocycles. The van der Waals surface area contributed by atoms with Gasteiger partial charge in [-0.3, -0.25) is 9.59 Å². The van der Waals surface area contributed by atoms with Gasteiger partial charge in [-0.2, -0.15) is 5.10 Å². The second-order valence-corrected chi connectivity index (χ2v) is 7.37. The Balaban J connectivity index is 1.47. The highest BCUT2D eigenvalue weighted by molar-refractivity contribution is 5.94. The third-order valence-electron chi connectivity index (χ3n) is 5.20. The van der Waals surface area contributed by atoms with E-state index in [1.165, 1.54) is 0 Å². The summed E-state index contributed by atoms with van der Waals surface area (Å²) in [7, 11) is 0. The van der Waals surface area contributed by atoms with E-state index < -0.39 is 0 Å². The van der Waals surface area contributed by atoms with Crippen LogP contribution in [0.3, 0.4) is 0 Å². The van der Waals surface area contributed by atoms with Crippen LogP contribution in [0.15, 0.2) is 47.0 Å². The molecule has 1 aromatic carbocycles. The van der Waals surface area contributed by atoms with Gasteiger partial charge in [0.05, 0.1) is 17.9 Å². The van der Waals surface area contributed by atoms with E-state index in [2.05, 4.69) is 15.4 Å². The number of benzene rings is 1. The highest BCUT2D eigenvalue weighted by Gasteiger charge is 2.36. The number of nitrogens with zero attached hydrogens (tertiary/aromatic N) is 4. The first-order valence-corrected chi connectivity index (χ1v) is 9.57. The standard InChI is InChI=1S/C21H23N5O3/c1-13-11-25(21(28)19-14(2)29-15(3)23-19)12-17(13)24-20(27)18-9-10-22-26(18)16-7-5-4-6-8-16/h4-10,13,17H,11-12H2,1-3H3,(H,24,27)/t13-,17+/m1/s1. The summed E-state index contributed by atoms with van der Waals surface area (Å²) in [4.78, 5) is 31.6. The number of carbonyl (C=O) groups excluding carboxylic acids is 2. The topological polar surface area (TPSA) is 93.3 Å². The highest BCUT2D eigenvalue weighted by Crippen LogP contribution is 2.21. The lowest BCUT2D eigenvalue weighted by Gasteiger charge is -2.17. The second-order valence-electron chi connectivity index (χ2n) is 7.37. The summed E-state index contributed by atoms with van der Waals surface area (Å²) >= 11 is 0. The minimum Gasteiger partial charge on any atom is -0.445 e. The van der Waals surface area contributed by atoms with Crippen molar-refractivity contribution >= 4 is 11.8 Å². The Morgan fingerprint density at radius 3 is 2.59 bits per heavy atom. The van der Waals surface area contributed by atoms with Gasteiger partial charge >= 0.3 is 0 Å². The Morgan fingerprint density at radius 1 is 1.14 bits per heavy atom. The molecule has 0 bridgehead atoms. The van der Waals surface area contributed by atoms with E-state index in [4.69, 9.17) is 4.42 Å². The first-order chi connectivity index (χ1) is 13.9. The molecule has 29 heavy (non-hydrogen) atoms. The maximum Gasteiger partial charge on any atom is 0.276 e. The Labute approximate surface area is 168 Å². The van der Waals surface area contributed by atoms with Gasteiger partial charge in [0.1, 0.15) is 11.5 Å². The van der Waals surface area contributed by atoms with Gasteiger partial charge in [0.2, 0.25) is 0 Å². The molecule has 1 N–H and O–H groups in total. The van der Waals surface area contributed by atoms with Crippen LogP contribution in [0.4, 0.5) is 0 Å². The molecule has 3 aromatic rings. The molecule has 0 aliphatic carbocycles. The van der Waals surface area contributed by atoms with Gasteiger partial charge in [-0.25, -0.2) is 9.67 Å². The van der Waals surface area contributed by atoms with Crippen molar-refractivity contribution in [2.24, 2.45) is 5.92 Å². The molecule has 1 aliphatic heterocycles. The van der Waals surface area contributed by atoms with E-state index >= 15 is 0 Å². The molecule has 1 saturated heterocycles. The fraction of sp³-hybridized carbons (Fsp3) is 0.333. The Bertz CT molecular complexity index is 1040. The zero-order chi connectivity index (χ0) is 20.5. The molecular weight excluding hydrogens is 370 g/mol. The van der Waals surface area contributed by atoms with E-state index in [1.807, 2.05) is 37.3 Å². The number of aryl methyl sites for hydroxylation is 2. The maximum atomic E-state index is 12.9. The third-order valence-corrected chi connectivity index (χ3v) is 5.20. The number of likely N-dealkylation sites (tertiary alicyclic amines) is 1. The summed E-state index contributed by atoms with van der Waals surface area (Å²) in [5.41, 5.74) is 1.61.